The SMILES string of the molecule is C=CCC(c1ccccc1)C(C#N)(C#N)C(C)/C=C/C1CCCCC1. The first-order valence-electron chi connectivity index (χ1n) is 9.34. The monoisotopic (exact) mass is 332 g/mol. The van der Waals surface area contributed by atoms with E-state index in [0.29, 0.717) is 12.3 Å². The van der Waals surface area contributed by atoms with Gasteiger partial charge >= 0.3 is 0 Å². The summed E-state index contributed by atoms with van der Waals surface area (Å²) in [7, 11) is 0. The lowest BCUT2D eigenvalue weighted by Gasteiger charge is -2.33. The topological polar surface area (TPSA) is 47.6 Å². The first-order chi connectivity index (χ1) is 12.2. The third-order valence-electron chi connectivity index (χ3n) is 5.56. The zero-order chi connectivity index (χ0) is 18.1. The molecular weight excluding hydrogens is 304 g/mol. The maximum absolute atomic E-state index is 10.0. The van der Waals surface area contributed by atoms with Gasteiger partial charge in [-0.1, -0.05) is 74.7 Å². The molecule has 1 saturated carbocycles. The maximum Gasteiger partial charge on any atom is 0.156 e. The molecule has 25 heavy (non-hydrogen) atoms. The van der Waals surface area contributed by atoms with Crippen LogP contribution in [0.4, 0.5) is 0 Å². The van der Waals surface area contributed by atoms with Gasteiger partial charge in [0.05, 0.1) is 12.1 Å². The molecule has 0 spiro atoms. The minimum atomic E-state index is -1.08. The van der Waals surface area contributed by atoms with Crippen molar-refractivity contribution in [2.24, 2.45) is 17.3 Å². The van der Waals surface area contributed by atoms with Crippen LogP contribution >= 0.6 is 0 Å². The molecule has 0 saturated heterocycles. The average molecular weight is 332 g/mol. The van der Waals surface area contributed by atoms with E-state index in [1.807, 2.05) is 43.3 Å². The highest BCUT2D eigenvalue weighted by Gasteiger charge is 2.44. The molecule has 0 aromatic heterocycles. The second kappa shape index (κ2) is 9.24. The van der Waals surface area contributed by atoms with Crippen molar-refractivity contribution in [3.05, 3.63) is 60.7 Å². The Morgan fingerprint density at radius 3 is 2.36 bits per heavy atom. The molecule has 0 bridgehead atoms. The zero-order valence-corrected chi connectivity index (χ0v) is 15.2. The van der Waals surface area contributed by atoms with E-state index in [0.717, 1.165) is 5.56 Å². The van der Waals surface area contributed by atoms with Crippen LogP contribution in [0.5, 0.6) is 0 Å². The van der Waals surface area contributed by atoms with Crippen molar-refractivity contribution in [2.45, 2.75) is 51.4 Å². The van der Waals surface area contributed by atoms with Gasteiger partial charge < -0.3 is 0 Å². The van der Waals surface area contributed by atoms with Crippen molar-refractivity contribution in [3.8, 4) is 12.1 Å². The van der Waals surface area contributed by atoms with Crippen molar-refractivity contribution < 1.29 is 0 Å². The lowest BCUT2D eigenvalue weighted by molar-refractivity contribution is 0.325. The van der Waals surface area contributed by atoms with Crippen molar-refractivity contribution in [1.29, 1.82) is 10.5 Å². The predicted molar refractivity (Wildman–Crippen MR) is 103 cm³/mol. The molecule has 0 aliphatic heterocycles. The van der Waals surface area contributed by atoms with Crippen molar-refractivity contribution >= 4 is 0 Å². The van der Waals surface area contributed by atoms with Gasteiger partial charge in [0.25, 0.3) is 0 Å². The summed E-state index contributed by atoms with van der Waals surface area (Å²) < 4.78 is 0. The van der Waals surface area contributed by atoms with E-state index >= 15 is 0 Å². The molecule has 1 fully saturated rings. The lowest BCUT2D eigenvalue weighted by Crippen LogP contribution is -2.32. The minimum Gasteiger partial charge on any atom is -0.197 e. The van der Waals surface area contributed by atoms with E-state index in [-0.39, 0.29) is 11.8 Å². The van der Waals surface area contributed by atoms with Crippen LogP contribution in [0, 0.1) is 39.9 Å². The van der Waals surface area contributed by atoms with Crippen molar-refractivity contribution in [3.63, 3.8) is 0 Å². The summed E-state index contributed by atoms with van der Waals surface area (Å²) in [5, 5.41) is 20.0. The highest BCUT2D eigenvalue weighted by atomic mass is 14.5. The number of hydrogen-bond acceptors (Lipinski definition) is 2. The number of allylic oxidation sites excluding steroid dienone is 3. The maximum atomic E-state index is 10.0. The molecule has 1 aromatic rings. The van der Waals surface area contributed by atoms with E-state index in [9.17, 15) is 10.5 Å². The van der Waals surface area contributed by atoms with E-state index in [2.05, 4.69) is 30.9 Å². The van der Waals surface area contributed by atoms with Crippen molar-refractivity contribution in [1.82, 2.24) is 0 Å². The van der Waals surface area contributed by atoms with Crippen LogP contribution < -0.4 is 0 Å². The van der Waals surface area contributed by atoms with E-state index < -0.39 is 5.41 Å². The van der Waals surface area contributed by atoms with Crippen molar-refractivity contribution in [2.75, 3.05) is 0 Å². The number of nitrogens with zero attached hydrogens (tertiary/aromatic N) is 2. The molecule has 2 nitrogen and oxygen atoms in total. The Morgan fingerprint density at radius 2 is 1.80 bits per heavy atom. The quantitative estimate of drug-likeness (QED) is 0.562. The molecule has 0 N–H and O–H groups in total. The molecule has 1 aliphatic carbocycles. The number of benzene rings is 1. The number of hydrogen-bond donors (Lipinski definition) is 0. The molecule has 0 radical (unpaired) electrons. The van der Waals surface area contributed by atoms with Gasteiger partial charge in [-0.05, 0) is 30.7 Å². The summed E-state index contributed by atoms with van der Waals surface area (Å²) in [5.74, 6) is 0.294. The molecule has 2 unspecified atom stereocenters. The Hall–Kier alpha value is -2.32. The smallest absolute Gasteiger partial charge is 0.156 e. The first kappa shape index (κ1) is 19.0. The highest BCUT2D eigenvalue weighted by Crippen LogP contribution is 2.44. The molecule has 2 atom stereocenters. The molecule has 2 rings (SSSR count). The van der Waals surface area contributed by atoms with E-state index in [1.54, 1.807) is 0 Å². The summed E-state index contributed by atoms with van der Waals surface area (Å²) >= 11 is 0. The van der Waals surface area contributed by atoms with Crippen LogP contribution in [0.2, 0.25) is 0 Å². The summed E-state index contributed by atoms with van der Waals surface area (Å²) in [5.41, 5.74) is -0.0517. The Bertz CT molecular complexity index is 640. The Labute approximate surface area is 152 Å². The number of nitriles is 2. The molecule has 1 aliphatic rings. The molecular formula is C23H28N2. The van der Waals surface area contributed by atoms with Crippen LogP contribution in [0.3, 0.4) is 0 Å². The summed E-state index contributed by atoms with van der Waals surface area (Å²) in [4.78, 5) is 0. The fourth-order valence-electron chi connectivity index (χ4n) is 3.94. The van der Waals surface area contributed by atoms with E-state index in [1.165, 1.54) is 32.1 Å². The normalized spacial score (nSPS) is 18.2. The van der Waals surface area contributed by atoms with Crippen LogP contribution in [0.25, 0.3) is 0 Å². The Morgan fingerprint density at radius 1 is 1.16 bits per heavy atom. The molecule has 0 heterocycles. The van der Waals surface area contributed by atoms with Gasteiger partial charge in [0.15, 0.2) is 5.41 Å². The van der Waals surface area contributed by atoms with E-state index in [4.69, 9.17) is 0 Å². The standard InChI is InChI=1S/C23H28N2/c1-3-10-22(21-13-8-5-9-14-21)23(17-24,18-25)19(2)15-16-20-11-6-4-7-12-20/h3,5,8-9,13-16,19-20,22H,1,4,6-7,10-12H2,2H3/b16-15+. The summed E-state index contributed by atoms with van der Waals surface area (Å²) in [6, 6.07) is 14.7. The van der Waals surface area contributed by atoms with Gasteiger partial charge in [-0.15, -0.1) is 6.58 Å². The van der Waals surface area contributed by atoms with Crippen LogP contribution in [-0.4, -0.2) is 0 Å². The second-order valence-corrected chi connectivity index (χ2v) is 7.15. The fourth-order valence-corrected chi connectivity index (χ4v) is 3.94. The third-order valence-corrected chi connectivity index (χ3v) is 5.56. The minimum absolute atomic E-state index is 0.130. The lowest BCUT2D eigenvalue weighted by atomic mass is 9.65. The van der Waals surface area contributed by atoms with Crippen LogP contribution in [0.15, 0.2) is 55.1 Å². The average Bonchev–Trinajstić information content (AvgIpc) is 2.68. The van der Waals surface area contributed by atoms with Gasteiger partial charge in [0.2, 0.25) is 0 Å². The number of rotatable bonds is 7. The van der Waals surface area contributed by atoms with Crippen LogP contribution in [-0.2, 0) is 0 Å². The van der Waals surface area contributed by atoms with Gasteiger partial charge in [0, 0.05) is 11.8 Å². The largest absolute Gasteiger partial charge is 0.197 e. The van der Waals surface area contributed by atoms with Crippen LogP contribution in [0.1, 0.15) is 56.9 Å². The molecule has 130 valence electrons. The predicted octanol–water partition coefficient (Wildman–Crippen LogP) is 6.15. The summed E-state index contributed by atoms with van der Waals surface area (Å²) in [6.45, 7) is 5.85. The zero-order valence-electron chi connectivity index (χ0n) is 15.2. The Balaban J connectivity index is 2.31. The second-order valence-electron chi connectivity index (χ2n) is 7.15. The van der Waals surface area contributed by atoms with Gasteiger partial charge in [-0.2, -0.15) is 10.5 Å². The molecule has 2 heteroatoms. The first-order valence-corrected chi connectivity index (χ1v) is 9.34. The van der Waals surface area contributed by atoms with Gasteiger partial charge in [-0.3, -0.25) is 0 Å². The third kappa shape index (κ3) is 4.40. The highest BCUT2D eigenvalue weighted by molar-refractivity contribution is 5.33. The molecule has 1 aromatic carbocycles. The molecule has 0 amide bonds. The van der Waals surface area contributed by atoms with Gasteiger partial charge in [-0.25, -0.2) is 0 Å². The van der Waals surface area contributed by atoms with Gasteiger partial charge in [0.1, 0.15) is 0 Å². The fraction of sp³-hybridized carbons (Fsp3) is 0.478. The Kier molecular flexibility index (Phi) is 7.03. The summed E-state index contributed by atoms with van der Waals surface area (Å²) in [6.07, 6.45) is 13.2.